The highest BCUT2D eigenvalue weighted by Gasteiger charge is 2.14. The Balaban J connectivity index is 1.43. The van der Waals surface area contributed by atoms with Gasteiger partial charge in [-0.25, -0.2) is 9.48 Å². The molecule has 8 heteroatoms. The van der Waals surface area contributed by atoms with Crippen molar-refractivity contribution in [1.82, 2.24) is 19.5 Å². The average molecular weight is 326 g/mol. The van der Waals surface area contributed by atoms with E-state index < -0.39 is 0 Å². The van der Waals surface area contributed by atoms with Gasteiger partial charge in [-0.2, -0.15) is 0 Å². The molecule has 2 aromatic heterocycles. The van der Waals surface area contributed by atoms with E-state index in [1.807, 2.05) is 12.1 Å². The molecule has 1 aliphatic heterocycles. The number of hydrogen-bond donors (Lipinski definition) is 1. The molecule has 0 fully saturated rings. The van der Waals surface area contributed by atoms with Crippen molar-refractivity contribution in [2.75, 3.05) is 6.79 Å². The summed E-state index contributed by atoms with van der Waals surface area (Å²) < 4.78 is 13.1. The SMILES string of the molecule is O=C(Cn1nc2ccccn2c1=O)NCc1ccc2c(c1)OCO2. The Morgan fingerprint density at radius 3 is 2.96 bits per heavy atom. The zero-order chi connectivity index (χ0) is 16.5. The normalized spacial score (nSPS) is 12.5. The van der Waals surface area contributed by atoms with E-state index in [9.17, 15) is 9.59 Å². The third kappa shape index (κ3) is 2.58. The molecular weight excluding hydrogens is 312 g/mol. The molecule has 0 bridgehead atoms. The number of amides is 1. The Kier molecular flexibility index (Phi) is 3.42. The predicted octanol–water partition coefficient (Wildman–Crippen LogP) is 0.541. The maximum atomic E-state index is 12.1. The molecular formula is C16H14N4O4. The number of benzene rings is 1. The van der Waals surface area contributed by atoms with E-state index >= 15 is 0 Å². The van der Waals surface area contributed by atoms with Gasteiger partial charge in [-0.3, -0.25) is 9.20 Å². The average Bonchev–Trinajstić information content (AvgIpc) is 3.18. The van der Waals surface area contributed by atoms with E-state index in [0.717, 1.165) is 10.2 Å². The number of hydrogen-bond acceptors (Lipinski definition) is 5. The molecule has 0 saturated carbocycles. The van der Waals surface area contributed by atoms with Gasteiger partial charge >= 0.3 is 5.69 Å². The molecule has 4 rings (SSSR count). The summed E-state index contributed by atoms with van der Waals surface area (Å²) in [5, 5.41) is 6.89. The fraction of sp³-hybridized carbons (Fsp3) is 0.188. The Labute approximate surface area is 136 Å². The first-order valence-corrected chi connectivity index (χ1v) is 7.40. The Morgan fingerprint density at radius 2 is 2.08 bits per heavy atom. The molecule has 0 atom stereocenters. The molecule has 0 saturated heterocycles. The van der Waals surface area contributed by atoms with Gasteiger partial charge in [-0.05, 0) is 29.8 Å². The third-order valence-electron chi connectivity index (χ3n) is 3.71. The fourth-order valence-corrected chi connectivity index (χ4v) is 2.51. The first kappa shape index (κ1) is 14.3. The van der Waals surface area contributed by atoms with Gasteiger partial charge in [0.1, 0.15) is 6.54 Å². The summed E-state index contributed by atoms with van der Waals surface area (Å²) in [6, 6.07) is 10.7. The molecule has 3 aromatic rings. The molecule has 8 nitrogen and oxygen atoms in total. The Hall–Kier alpha value is -3.29. The van der Waals surface area contributed by atoms with Gasteiger partial charge in [0.2, 0.25) is 12.7 Å². The first-order chi connectivity index (χ1) is 11.7. The lowest BCUT2D eigenvalue weighted by Gasteiger charge is -2.06. The molecule has 0 spiro atoms. The number of aromatic nitrogens is 3. The standard InChI is InChI=1S/C16H14N4O4/c21-15(9-20-16(22)19-6-2-1-3-14(19)18-20)17-8-11-4-5-12-13(7-11)24-10-23-12/h1-7H,8-10H2,(H,17,21). The van der Waals surface area contributed by atoms with Gasteiger partial charge in [-0.15, -0.1) is 5.10 Å². The minimum atomic E-state index is -0.344. The second kappa shape index (κ2) is 5.73. The molecule has 0 radical (unpaired) electrons. The maximum Gasteiger partial charge on any atom is 0.350 e. The summed E-state index contributed by atoms with van der Waals surface area (Å²) in [5.74, 6) is 1.07. The quantitative estimate of drug-likeness (QED) is 0.756. The number of pyridine rings is 1. The van der Waals surface area contributed by atoms with Crippen LogP contribution in [0.2, 0.25) is 0 Å². The molecule has 1 aromatic carbocycles. The summed E-state index contributed by atoms with van der Waals surface area (Å²) in [6.07, 6.45) is 1.62. The highest BCUT2D eigenvalue weighted by atomic mass is 16.7. The minimum absolute atomic E-state index is 0.134. The van der Waals surface area contributed by atoms with E-state index in [2.05, 4.69) is 10.4 Å². The lowest BCUT2D eigenvalue weighted by atomic mass is 10.2. The molecule has 1 aliphatic rings. The molecule has 0 aliphatic carbocycles. The predicted molar refractivity (Wildman–Crippen MR) is 83.9 cm³/mol. The Morgan fingerprint density at radius 1 is 1.21 bits per heavy atom. The highest BCUT2D eigenvalue weighted by molar-refractivity contribution is 5.75. The van der Waals surface area contributed by atoms with Crippen LogP contribution >= 0.6 is 0 Å². The summed E-state index contributed by atoms with van der Waals surface area (Å²) in [5.41, 5.74) is 1.05. The lowest BCUT2D eigenvalue weighted by Crippen LogP contribution is -2.32. The van der Waals surface area contributed by atoms with Crippen molar-refractivity contribution in [3.63, 3.8) is 0 Å². The summed E-state index contributed by atoms with van der Waals surface area (Å²) >= 11 is 0. The topological polar surface area (TPSA) is 86.9 Å². The number of nitrogens with one attached hydrogen (secondary N) is 1. The van der Waals surface area contributed by atoms with Crippen molar-refractivity contribution >= 4 is 11.6 Å². The summed E-state index contributed by atoms with van der Waals surface area (Å²) in [7, 11) is 0. The molecule has 3 heterocycles. The number of carbonyl (C=O) groups is 1. The van der Waals surface area contributed by atoms with Crippen LogP contribution in [0.1, 0.15) is 5.56 Å². The maximum absolute atomic E-state index is 12.1. The van der Waals surface area contributed by atoms with Crippen molar-refractivity contribution < 1.29 is 14.3 Å². The number of nitrogens with zero attached hydrogens (tertiary/aromatic N) is 3. The second-order valence-corrected chi connectivity index (χ2v) is 5.33. The smallest absolute Gasteiger partial charge is 0.350 e. The fourth-order valence-electron chi connectivity index (χ4n) is 2.51. The van der Waals surface area contributed by atoms with Gasteiger partial charge in [0, 0.05) is 12.7 Å². The van der Waals surface area contributed by atoms with Gasteiger partial charge in [0.15, 0.2) is 17.1 Å². The third-order valence-corrected chi connectivity index (χ3v) is 3.71. The zero-order valence-corrected chi connectivity index (χ0v) is 12.6. The first-order valence-electron chi connectivity index (χ1n) is 7.40. The van der Waals surface area contributed by atoms with E-state index in [0.29, 0.717) is 23.7 Å². The number of fused-ring (bicyclic) bond motifs is 2. The van der Waals surface area contributed by atoms with Crippen LogP contribution in [-0.4, -0.2) is 26.9 Å². The molecule has 1 N–H and O–H groups in total. The molecule has 24 heavy (non-hydrogen) atoms. The van der Waals surface area contributed by atoms with Gasteiger partial charge in [-0.1, -0.05) is 12.1 Å². The number of rotatable bonds is 4. The van der Waals surface area contributed by atoms with Crippen molar-refractivity contribution in [1.29, 1.82) is 0 Å². The van der Waals surface area contributed by atoms with Crippen molar-refractivity contribution in [2.45, 2.75) is 13.1 Å². The Bertz CT molecular complexity index is 976. The molecule has 122 valence electrons. The van der Waals surface area contributed by atoms with E-state index in [1.165, 1.54) is 4.40 Å². The van der Waals surface area contributed by atoms with Crippen LogP contribution in [0.15, 0.2) is 47.4 Å². The minimum Gasteiger partial charge on any atom is -0.454 e. The van der Waals surface area contributed by atoms with Crippen molar-refractivity contribution in [3.05, 3.63) is 58.6 Å². The van der Waals surface area contributed by atoms with Gasteiger partial charge in [0.05, 0.1) is 0 Å². The van der Waals surface area contributed by atoms with E-state index in [4.69, 9.17) is 9.47 Å². The van der Waals surface area contributed by atoms with Crippen LogP contribution in [-0.2, 0) is 17.9 Å². The highest BCUT2D eigenvalue weighted by Crippen LogP contribution is 2.32. The largest absolute Gasteiger partial charge is 0.454 e. The van der Waals surface area contributed by atoms with Crippen molar-refractivity contribution in [2.24, 2.45) is 0 Å². The summed E-state index contributed by atoms with van der Waals surface area (Å²) in [6.45, 7) is 0.407. The monoisotopic (exact) mass is 326 g/mol. The summed E-state index contributed by atoms with van der Waals surface area (Å²) in [4.78, 5) is 24.2. The van der Waals surface area contributed by atoms with E-state index in [-0.39, 0.29) is 24.9 Å². The van der Waals surface area contributed by atoms with Crippen LogP contribution in [0.5, 0.6) is 11.5 Å². The van der Waals surface area contributed by atoms with Crippen LogP contribution in [0.4, 0.5) is 0 Å². The van der Waals surface area contributed by atoms with E-state index in [1.54, 1.807) is 30.5 Å². The van der Waals surface area contributed by atoms with Crippen LogP contribution < -0.4 is 20.5 Å². The van der Waals surface area contributed by atoms with Crippen molar-refractivity contribution in [3.8, 4) is 11.5 Å². The van der Waals surface area contributed by atoms with Gasteiger partial charge < -0.3 is 14.8 Å². The van der Waals surface area contributed by atoms with Crippen LogP contribution in [0.25, 0.3) is 5.65 Å². The second-order valence-electron chi connectivity index (χ2n) is 5.33. The van der Waals surface area contributed by atoms with Crippen LogP contribution in [0.3, 0.4) is 0 Å². The molecule has 0 unspecified atom stereocenters. The number of carbonyl (C=O) groups excluding carboxylic acids is 1. The van der Waals surface area contributed by atoms with Crippen LogP contribution in [0, 0.1) is 0 Å². The zero-order valence-electron chi connectivity index (χ0n) is 12.6. The lowest BCUT2D eigenvalue weighted by molar-refractivity contribution is -0.122. The molecule has 1 amide bonds. The van der Waals surface area contributed by atoms with Gasteiger partial charge in [0.25, 0.3) is 0 Å². The number of ether oxygens (including phenoxy) is 2.